The molecule has 0 aliphatic heterocycles. The van der Waals surface area contributed by atoms with Crippen LogP contribution in [-0.2, 0) is 0 Å². The number of nitrogens with zero attached hydrogens (tertiary/aromatic N) is 1. The summed E-state index contributed by atoms with van der Waals surface area (Å²) in [7, 11) is 2.60. The number of carbonyl (C=O) groups excluding carboxylic acids is 3. The summed E-state index contributed by atoms with van der Waals surface area (Å²) >= 11 is 0. The van der Waals surface area contributed by atoms with Crippen LogP contribution in [-0.4, -0.2) is 36.8 Å². The van der Waals surface area contributed by atoms with E-state index in [1.165, 1.54) is 33.2 Å². The third kappa shape index (κ3) is 3.51. The minimum Gasteiger partial charge on any atom is -0.341 e. The second-order valence-electron chi connectivity index (χ2n) is 3.80. The van der Waals surface area contributed by atoms with Gasteiger partial charge in [0.25, 0.3) is 0 Å². The molecule has 0 aliphatic rings. The Bertz CT molecular complexity index is 531. The van der Waals surface area contributed by atoms with E-state index in [-0.39, 0.29) is 17.0 Å². The zero-order chi connectivity index (χ0) is 14.6. The van der Waals surface area contributed by atoms with Crippen LogP contribution in [0.2, 0.25) is 0 Å². The molecule has 1 aromatic carbocycles. The van der Waals surface area contributed by atoms with Crippen molar-refractivity contribution in [1.29, 1.82) is 0 Å². The third-order valence-electron chi connectivity index (χ3n) is 2.44. The van der Waals surface area contributed by atoms with Crippen LogP contribution < -0.4 is 10.6 Å². The number of hydrogen-bond donors (Lipinski definition) is 2. The van der Waals surface area contributed by atoms with Gasteiger partial charge in [-0.1, -0.05) is 0 Å². The van der Waals surface area contributed by atoms with E-state index >= 15 is 0 Å². The van der Waals surface area contributed by atoms with Gasteiger partial charge in [0.05, 0.1) is 5.69 Å². The highest BCUT2D eigenvalue weighted by molar-refractivity contribution is 6.01. The number of amides is 4. The van der Waals surface area contributed by atoms with Crippen LogP contribution in [0.4, 0.5) is 19.7 Å². The van der Waals surface area contributed by atoms with Crippen molar-refractivity contribution in [3.8, 4) is 0 Å². The Kier molecular flexibility index (Phi) is 4.57. The van der Waals surface area contributed by atoms with Gasteiger partial charge in [-0.05, 0) is 25.1 Å². The lowest BCUT2D eigenvalue weighted by molar-refractivity contribution is 0.101. The molecule has 19 heavy (non-hydrogen) atoms. The number of imide groups is 1. The predicted molar refractivity (Wildman–Crippen MR) is 67.6 cm³/mol. The van der Waals surface area contributed by atoms with E-state index in [2.05, 4.69) is 10.6 Å². The number of nitrogens with one attached hydrogen (secondary N) is 2. The summed E-state index contributed by atoms with van der Waals surface area (Å²) in [6.45, 7) is 1.33. The first kappa shape index (κ1) is 14.6. The summed E-state index contributed by atoms with van der Waals surface area (Å²) < 4.78 is 13.5. The summed E-state index contributed by atoms with van der Waals surface area (Å²) in [6, 6.07) is 2.16. The van der Waals surface area contributed by atoms with Crippen LogP contribution in [0, 0.1) is 5.82 Å². The fraction of sp³-hybridized carbons (Fsp3) is 0.250. The summed E-state index contributed by atoms with van der Waals surface area (Å²) in [5.74, 6) is -0.946. The van der Waals surface area contributed by atoms with Gasteiger partial charge < -0.3 is 10.6 Å². The Hall–Kier alpha value is -2.44. The van der Waals surface area contributed by atoms with Gasteiger partial charge in [-0.3, -0.25) is 4.79 Å². The number of carbonyl (C=O) groups is 3. The maximum Gasteiger partial charge on any atom is 0.329 e. The van der Waals surface area contributed by atoms with Crippen LogP contribution in [0.25, 0.3) is 0 Å². The fourth-order valence-corrected chi connectivity index (χ4v) is 1.30. The first-order valence-corrected chi connectivity index (χ1v) is 5.43. The lowest BCUT2D eigenvalue weighted by Gasteiger charge is -2.16. The van der Waals surface area contributed by atoms with Crippen molar-refractivity contribution in [2.24, 2.45) is 0 Å². The normalized spacial score (nSPS) is 9.68. The molecule has 0 fully saturated rings. The molecule has 2 N–H and O–H groups in total. The van der Waals surface area contributed by atoms with Gasteiger partial charge >= 0.3 is 12.1 Å². The van der Waals surface area contributed by atoms with Crippen LogP contribution in [0.1, 0.15) is 17.3 Å². The summed E-state index contributed by atoms with van der Waals surface area (Å²) in [4.78, 5) is 34.8. The molecular formula is C12H14FN3O3. The van der Waals surface area contributed by atoms with Crippen molar-refractivity contribution in [2.45, 2.75) is 6.92 Å². The first-order chi connectivity index (χ1) is 8.86. The Labute approximate surface area is 109 Å². The van der Waals surface area contributed by atoms with Crippen LogP contribution >= 0.6 is 0 Å². The van der Waals surface area contributed by atoms with Gasteiger partial charge in [0.15, 0.2) is 5.78 Å². The lowest BCUT2D eigenvalue weighted by atomic mass is 10.1. The van der Waals surface area contributed by atoms with Gasteiger partial charge in [0.1, 0.15) is 5.82 Å². The standard InChI is InChI=1S/C12H14FN3O3/c1-7(17)8-4-5-9(13)10(6-8)15-12(19)16(3)11(18)14-2/h4-6H,1-3H3,(H,14,18)(H,15,19). The average molecular weight is 267 g/mol. The number of rotatable bonds is 2. The maximum absolute atomic E-state index is 13.5. The van der Waals surface area contributed by atoms with Gasteiger partial charge in [-0.15, -0.1) is 0 Å². The zero-order valence-corrected chi connectivity index (χ0v) is 10.8. The van der Waals surface area contributed by atoms with E-state index < -0.39 is 17.9 Å². The highest BCUT2D eigenvalue weighted by Crippen LogP contribution is 2.17. The largest absolute Gasteiger partial charge is 0.341 e. The number of halogens is 1. The van der Waals surface area contributed by atoms with Gasteiger partial charge in [-0.25, -0.2) is 18.9 Å². The Morgan fingerprint density at radius 3 is 2.37 bits per heavy atom. The minimum atomic E-state index is -0.807. The highest BCUT2D eigenvalue weighted by atomic mass is 19.1. The topological polar surface area (TPSA) is 78.5 Å². The van der Waals surface area contributed by atoms with Crippen molar-refractivity contribution in [2.75, 3.05) is 19.4 Å². The molecule has 6 nitrogen and oxygen atoms in total. The molecule has 0 saturated carbocycles. The second-order valence-corrected chi connectivity index (χ2v) is 3.80. The predicted octanol–water partition coefficient (Wildman–Crippen LogP) is 1.83. The molecule has 7 heteroatoms. The summed E-state index contributed by atoms with van der Waals surface area (Å²) in [6.07, 6.45) is 0. The summed E-state index contributed by atoms with van der Waals surface area (Å²) in [5.41, 5.74) is 0.104. The minimum absolute atomic E-state index is 0.159. The molecule has 1 aromatic rings. The molecule has 0 bridgehead atoms. The van der Waals surface area contributed by atoms with E-state index in [9.17, 15) is 18.8 Å². The number of benzene rings is 1. The molecule has 102 valence electrons. The number of Topliss-reactive ketones (excluding diaryl/α,β-unsaturated/α-hetero) is 1. The van der Waals surface area contributed by atoms with Crippen LogP contribution in [0.5, 0.6) is 0 Å². The Balaban J connectivity index is 2.93. The molecule has 0 radical (unpaired) electrons. The first-order valence-electron chi connectivity index (χ1n) is 5.43. The van der Waals surface area contributed by atoms with Gasteiger partial charge in [-0.2, -0.15) is 0 Å². The average Bonchev–Trinajstić information content (AvgIpc) is 2.38. The van der Waals surface area contributed by atoms with E-state index in [1.54, 1.807) is 0 Å². The smallest absolute Gasteiger partial charge is 0.329 e. The number of hydrogen-bond acceptors (Lipinski definition) is 3. The van der Waals surface area contributed by atoms with Gasteiger partial charge in [0, 0.05) is 19.7 Å². The number of urea groups is 2. The monoisotopic (exact) mass is 267 g/mol. The van der Waals surface area contributed by atoms with Crippen molar-refractivity contribution in [1.82, 2.24) is 10.2 Å². The molecule has 0 aliphatic carbocycles. The second kappa shape index (κ2) is 5.94. The molecule has 0 unspecified atom stereocenters. The zero-order valence-electron chi connectivity index (χ0n) is 10.8. The van der Waals surface area contributed by atoms with Crippen LogP contribution in [0.3, 0.4) is 0 Å². The molecule has 1 rings (SSSR count). The highest BCUT2D eigenvalue weighted by Gasteiger charge is 2.17. The Morgan fingerprint density at radius 1 is 1.21 bits per heavy atom. The molecule has 0 spiro atoms. The summed E-state index contributed by atoms with van der Waals surface area (Å²) in [5, 5.41) is 4.47. The van der Waals surface area contributed by atoms with E-state index in [0.717, 1.165) is 11.0 Å². The van der Waals surface area contributed by atoms with E-state index in [1.807, 2.05) is 0 Å². The maximum atomic E-state index is 13.5. The van der Waals surface area contributed by atoms with Crippen molar-refractivity contribution >= 4 is 23.5 Å². The van der Waals surface area contributed by atoms with Crippen LogP contribution in [0.15, 0.2) is 18.2 Å². The van der Waals surface area contributed by atoms with E-state index in [4.69, 9.17) is 0 Å². The molecule has 0 heterocycles. The molecule has 0 atom stereocenters. The quantitative estimate of drug-likeness (QED) is 0.802. The molecule has 0 aromatic heterocycles. The number of ketones is 1. The van der Waals surface area contributed by atoms with Crippen molar-refractivity contribution < 1.29 is 18.8 Å². The SMILES string of the molecule is CNC(=O)N(C)C(=O)Nc1cc(C(C)=O)ccc1F. The molecule has 0 saturated heterocycles. The number of anilines is 1. The lowest BCUT2D eigenvalue weighted by Crippen LogP contribution is -2.41. The van der Waals surface area contributed by atoms with Crippen molar-refractivity contribution in [3.63, 3.8) is 0 Å². The Morgan fingerprint density at radius 2 is 1.84 bits per heavy atom. The third-order valence-corrected chi connectivity index (χ3v) is 2.44. The fourth-order valence-electron chi connectivity index (χ4n) is 1.30. The molecular weight excluding hydrogens is 253 g/mol. The van der Waals surface area contributed by atoms with E-state index in [0.29, 0.717) is 0 Å². The van der Waals surface area contributed by atoms with Gasteiger partial charge in [0.2, 0.25) is 0 Å². The molecule has 4 amide bonds. The van der Waals surface area contributed by atoms with Crippen molar-refractivity contribution in [3.05, 3.63) is 29.6 Å².